The zero-order valence-corrected chi connectivity index (χ0v) is 16.1. The van der Waals surface area contributed by atoms with Crippen LogP contribution in [0, 0.1) is 0 Å². The van der Waals surface area contributed by atoms with Crippen LogP contribution in [0.15, 0.2) is 88.4 Å². The highest BCUT2D eigenvalue weighted by Crippen LogP contribution is 2.29. The maximum Gasteiger partial charge on any atom is 0.205 e. The lowest BCUT2D eigenvalue weighted by molar-refractivity contribution is 0.849. The van der Waals surface area contributed by atoms with Gasteiger partial charge >= 0.3 is 0 Å². The van der Waals surface area contributed by atoms with E-state index in [0.29, 0.717) is 0 Å². The van der Waals surface area contributed by atoms with Crippen LogP contribution in [0.25, 0.3) is 32.9 Å². The van der Waals surface area contributed by atoms with Gasteiger partial charge in [0.25, 0.3) is 0 Å². The minimum absolute atomic E-state index is 0.860. The summed E-state index contributed by atoms with van der Waals surface area (Å²) in [6.07, 6.45) is 3.89. The monoisotopic (exact) mass is 382 g/mol. The zero-order valence-electron chi connectivity index (χ0n) is 15.3. The van der Waals surface area contributed by atoms with Crippen molar-refractivity contribution in [1.82, 2.24) is 9.66 Å². The van der Waals surface area contributed by atoms with E-state index in [9.17, 15) is 0 Å². The summed E-state index contributed by atoms with van der Waals surface area (Å²) in [7, 11) is 1.80. The fourth-order valence-corrected chi connectivity index (χ4v) is 4.31. The third kappa shape index (κ3) is 2.77. The molecule has 1 N–H and O–H groups in total. The number of aromatic amines is 1. The number of fused-ring (bicyclic) bond motifs is 2. The Labute approximate surface area is 166 Å². The molecular weight excluding hydrogens is 364 g/mol. The highest BCUT2D eigenvalue weighted by Gasteiger charge is 2.10. The molecule has 0 saturated carbocycles. The standard InChI is InChI=1S/C23H18N4S/c1-24-23-27(26-14-17-13-25-21-12-5-4-10-19(17)21)22(15-28-23)20-11-6-8-16-7-2-3-9-18(16)20/h2-15,25H,1H3. The van der Waals surface area contributed by atoms with Crippen molar-refractivity contribution < 1.29 is 0 Å². The molecule has 0 fully saturated rings. The average molecular weight is 382 g/mol. The molecule has 2 heterocycles. The Morgan fingerprint density at radius 2 is 1.71 bits per heavy atom. The average Bonchev–Trinajstić information content (AvgIpc) is 3.35. The second-order valence-corrected chi connectivity index (χ2v) is 7.34. The lowest BCUT2D eigenvalue weighted by Gasteiger charge is -2.07. The predicted molar refractivity (Wildman–Crippen MR) is 118 cm³/mol. The van der Waals surface area contributed by atoms with Crippen LogP contribution < -0.4 is 4.80 Å². The Morgan fingerprint density at radius 3 is 2.61 bits per heavy atom. The van der Waals surface area contributed by atoms with Crippen LogP contribution in [0.2, 0.25) is 0 Å². The van der Waals surface area contributed by atoms with Gasteiger partial charge in [-0.05, 0) is 16.8 Å². The van der Waals surface area contributed by atoms with Crippen molar-refractivity contribution in [3.8, 4) is 11.3 Å². The Balaban J connectivity index is 1.67. The smallest absolute Gasteiger partial charge is 0.205 e. The normalized spacial score (nSPS) is 12.5. The maximum atomic E-state index is 4.80. The molecule has 5 heteroatoms. The zero-order chi connectivity index (χ0) is 18.9. The van der Waals surface area contributed by atoms with Crippen LogP contribution in [0.1, 0.15) is 5.56 Å². The third-order valence-electron chi connectivity index (χ3n) is 4.88. The van der Waals surface area contributed by atoms with Crippen molar-refractivity contribution in [3.63, 3.8) is 0 Å². The van der Waals surface area contributed by atoms with E-state index in [1.165, 1.54) is 10.8 Å². The van der Waals surface area contributed by atoms with Gasteiger partial charge in [0, 0.05) is 40.7 Å². The minimum Gasteiger partial charge on any atom is -0.361 e. The van der Waals surface area contributed by atoms with Crippen molar-refractivity contribution in [3.05, 3.63) is 88.7 Å². The number of benzene rings is 3. The fraction of sp³-hybridized carbons (Fsp3) is 0.0435. The lowest BCUT2D eigenvalue weighted by atomic mass is 10.0. The van der Waals surface area contributed by atoms with Gasteiger partial charge in [0.15, 0.2) is 0 Å². The molecular formula is C23H18N4S. The van der Waals surface area contributed by atoms with E-state index in [2.05, 4.69) is 70.0 Å². The Kier molecular flexibility index (Phi) is 4.14. The van der Waals surface area contributed by atoms with Gasteiger partial charge < -0.3 is 4.98 Å². The Hall–Kier alpha value is -3.44. The van der Waals surface area contributed by atoms with E-state index in [-0.39, 0.29) is 0 Å². The van der Waals surface area contributed by atoms with Crippen LogP contribution in [0.5, 0.6) is 0 Å². The van der Waals surface area contributed by atoms with Crippen LogP contribution in [0.3, 0.4) is 0 Å². The summed E-state index contributed by atoms with van der Waals surface area (Å²) in [6, 6.07) is 23.0. The number of nitrogens with one attached hydrogen (secondary N) is 1. The summed E-state index contributed by atoms with van der Waals surface area (Å²) in [5, 5.41) is 10.5. The first-order valence-electron chi connectivity index (χ1n) is 9.07. The first-order valence-corrected chi connectivity index (χ1v) is 9.95. The Bertz CT molecular complexity index is 1380. The third-order valence-corrected chi connectivity index (χ3v) is 5.78. The summed E-state index contributed by atoms with van der Waals surface area (Å²) in [5.41, 5.74) is 4.35. The topological polar surface area (TPSA) is 45.4 Å². The van der Waals surface area contributed by atoms with Crippen molar-refractivity contribution in [2.45, 2.75) is 0 Å². The SMILES string of the molecule is CN=c1scc(-c2cccc3ccccc23)n1N=Cc1c[nH]c2ccccc12. The maximum absolute atomic E-state index is 4.80. The molecule has 0 saturated heterocycles. The van der Waals surface area contributed by atoms with Gasteiger partial charge in [-0.15, -0.1) is 11.3 Å². The molecule has 0 aliphatic rings. The summed E-state index contributed by atoms with van der Waals surface area (Å²) >= 11 is 1.60. The summed E-state index contributed by atoms with van der Waals surface area (Å²) < 4.78 is 1.92. The first kappa shape index (κ1) is 16.7. The molecule has 2 aromatic heterocycles. The van der Waals surface area contributed by atoms with Gasteiger partial charge in [-0.25, -0.2) is 4.68 Å². The Morgan fingerprint density at radius 1 is 0.929 bits per heavy atom. The van der Waals surface area contributed by atoms with Gasteiger partial charge in [0.1, 0.15) is 0 Å². The van der Waals surface area contributed by atoms with Gasteiger partial charge in [0.05, 0.1) is 11.9 Å². The quantitative estimate of drug-likeness (QED) is 0.414. The number of hydrogen-bond acceptors (Lipinski definition) is 3. The number of nitrogens with zero attached hydrogens (tertiary/aromatic N) is 3. The van der Waals surface area contributed by atoms with E-state index in [0.717, 1.165) is 32.5 Å². The number of thiazole rings is 1. The number of rotatable bonds is 3. The van der Waals surface area contributed by atoms with Gasteiger partial charge in [0.2, 0.25) is 4.80 Å². The molecule has 4 nitrogen and oxygen atoms in total. The molecule has 28 heavy (non-hydrogen) atoms. The molecule has 0 unspecified atom stereocenters. The second-order valence-electron chi connectivity index (χ2n) is 6.50. The van der Waals surface area contributed by atoms with E-state index >= 15 is 0 Å². The highest BCUT2D eigenvalue weighted by molar-refractivity contribution is 7.07. The molecule has 0 spiro atoms. The number of hydrogen-bond donors (Lipinski definition) is 1. The molecule has 0 aliphatic carbocycles. The van der Waals surface area contributed by atoms with Crippen LogP contribution >= 0.6 is 11.3 Å². The molecule has 3 aromatic carbocycles. The van der Waals surface area contributed by atoms with Crippen molar-refractivity contribution >= 4 is 39.2 Å². The summed E-state index contributed by atoms with van der Waals surface area (Å²) in [5.74, 6) is 0. The lowest BCUT2D eigenvalue weighted by Crippen LogP contribution is -2.11. The molecule has 0 radical (unpaired) electrons. The largest absolute Gasteiger partial charge is 0.361 e. The molecule has 136 valence electrons. The molecule has 0 atom stereocenters. The fourth-order valence-electron chi connectivity index (χ4n) is 3.52. The molecule has 5 aromatic rings. The van der Waals surface area contributed by atoms with Gasteiger partial charge in [-0.2, -0.15) is 5.10 Å². The van der Waals surface area contributed by atoms with E-state index in [1.54, 1.807) is 18.4 Å². The number of H-pyrrole nitrogens is 1. The number of aromatic nitrogens is 2. The molecule has 0 bridgehead atoms. The highest BCUT2D eigenvalue weighted by atomic mass is 32.1. The molecule has 0 aliphatic heterocycles. The predicted octanol–water partition coefficient (Wildman–Crippen LogP) is 5.26. The van der Waals surface area contributed by atoms with E-state index in [4.69, 9.17) is 5.10 Å². The van der Waals surface area contributed by atoms with E-state index in [1.807, 2.05) is 29.2 Å². The summed E-state index contributed by atoms with van der Waals surface area (Å²) in [4.78, 5) is 8.58. The van der Waals surface area contributed by atoms with E-state index < -0.39 is 0 Å². The van der Waals surface area contributed by atoms with Crippen molar-refractivity contribution in [2.24, 2.45) is 10.1 Å². The van der Waals surface area contributed by atoms with Crippen LogP contribution in [0.4, 0.5) is 0 Å². The first-order chi connectivity index (χ1) is 13.8. The van der Waals surface area contributed by atoms with Crippen LogP contribution in [-0.2, 0) is 0 Å². The molecule has 0 amide bonds. The van der Waals surface area contributed by atoms with Crippen molar-refractivity contribution in [1.29, 1.82) is 0 Å². The van der Waals surface area contributed by atoms with Gasteiger partial charge in [-0.1, -0.05) is 60.7 Å². The summed E-state index contributed by atoms with van der Waals surface area (Å²) in [6.45, 7) is 0. The molecule has 5 rings (SSSR count). The number of para-hydroxylation sites is 1. The minimum atomic E-state index is 0.860. The van der Waals surface area contributed by atoms with Gasteiger partial charge in [-0.3, -0.25) is 4.99 Å². The second kappa shape index (κ2) is 6.94. The van der Waals surface area contributed by atoms with Crippen LogP contribution in [-0.4, -0.2) is 22.9 Å². The van der Waals surface area contributed by atoms with Crippen molar-refractivity contribution in [2.75, 3.05) is 7.05 Å².